The molecule has 0 N–H and O–H groups in total. The van der Waals surface area contributed by atoms with E-state index in [2.05, 4.69) is 16.0 Å². The number of ketones is 1. The molecule has 9 heteroatoms. The summed E-state index contributed by atoms with van der Waals surface area (Å²) in [7, 11) is -2.00. The van der Waals surface area contributed by atoms with E-state index in [0.717, 1.165) is 0 Å². The van der Waals surface area contributed by atoms with Crippen LogP contribution in [0.15, 0.2) is 67.0 Å². The van der Waals surface area contributed by atoms with Crippen molar-refractivity contribution in [2.45, 2.75) is 6.92 Å². The van der Waals surface area contributed by atoms with Crippen LogP contribution in [-0.2, 0) is 10.0 Å². The average Bonchev–Trinajstić information content (AvgIpc) is 3.31. The molecule has 172 valence electrons. The zero-order chi connectivity index (χ0) is 24.3. The highest BCUT2D eigenvalue weighted by Gasteiger charge is 2.21. The van der Waals surface area contributed by atoms with Gasteiger partial charge in [-0.05, 0) is 49.4 Å². The van der Waals surface area contributed by atoms with Crippen molar-refractivity contribution in [3.05, 3.63) is 78.1 Å². The smallest absolute Gasteiger partial charge is 0.235 e. The Hall–Kier alpha value is -4.16. The highest BCUT2D eigenvalue weighted by atomic mass is 32.2. The third-order valence-corrected chi connectivity index (χ3v) is 7.10. The summed E-state index contributed by atoms with van der Waals surface area (Å²) in [6, 6.07) is 15.6. The lowest BCUT2D eigenvalue weighted by atomic mass is 10.1. The second-order valence-electron chi connectivity index (χ2n) is 7.34. The Morgan fingerprint density at radius 2 is 1.94 bits per heavy atom. The minimum Gasteiger partial charge on any atom is -0.497 e. The number of ether oxygens (including phenoxy) is 1. The first-order chi connectivity index (χ1) is 16.4. The van der Waals surface area contributed by atoms with Crippen LogP contribution < -0.4 is 9.04 Å². The Morgan fingerprint density at radius 3 is 2.62 bits per heavy atom. The molecule has 34 heavy (non-hydrogen) atoms. The van der Waals surface area contributed by atoms with Gasteiger partial charge >= 0.3 is 0 Å². The van der Waals surface area contributed by atoms with Crippen LogP contribution >= 0.6 is 0 Å². The van der Waals surface area contributed by atoms with Crippen molar-refractivity contribution < 1.29 is 17.9 Å². The maximum atomic E-state index is 13.1. The minimum atomic E-state index is -3.56. The van der Waals surface area contributed by atoms with E-state index in [1.807, 2.05) is 6.07 Å². The number of carbonyl (C=O) groups excluding carboxylic acids is 1. The molecular weight excluding hydrogens is 452 g/mol. The Labute approximate surface area is 197 Å². The molecular formula is C25H22N4O4S. The molecule has 0 saturated heterocycles. The van der Waals surface area contributed by atoms with Gasteiger partial charge in [-0.2, -0.15) is 5.10 Å². The van der Waals surface area contributed by atoms with Gasteiger partial charge in [-0.3, -0.25) is 9.10 Å². The summed E-state index contributed by atoms with van der Waals surface area (Å²) in [4.78, 5) is 17.5. The van der Waals surface area contributed by atoms with E-state index in [-0.39, 0.29) is 18.1 Å². The summed E-state index contributed by atoms with van der Waals surface area (Å²) in [5, 5.41) is 4.40. The van der Waals surface area contributed by atoms with Crippen LogP contribution in [0.2, 0.25) is 0 Å². The molecule has 0 aliphatic carbocycles. The Kier molecular flexibility index (Phi) is 6.34. The van der Waals surface area contributed by atoms with Gasteiger partial charge in [0, 0.05) is 17.3 Å². The molecule has 0 atom stereocenters. The van der Waals surface area contributed by atoms with Crippen LogP contribution in [0.3, 0.4) is 0 Å². The molecule has 0 fully saturated rings. The van der Waals surface area contributed by atoms with Crippen LogP contribution in [0.4, 0.5) is 5.69 Å². The molecule has 0 spiro atoms. The number of nitrogens with zero attached hydrogens (tertiary/aromatic N) is 4. The molecule has 0 bridgehead atoms. The fraction of sp³-hybridized carbons (Fsp3) is 0.160. The minimum absolute atomic E-state index is 0.0750. The second-order valence-corrected chi connectivity index (χ2v) is 9.52. The van der Waals surface area contributed by atoms with E-state index in [4.69, 9.17) is 11.2 Å². The first kappa shape index (κ1) is 23.0. The molecule has 2 heterocycles. The number of sulfonamides is 1. The van der Waals surface area contributed by atoms with E-state index < -0.39 is 10.0 Å². The summed E-state index contributed by atoms with van der Waals surface area (Å²) in [5.74, 6) is 2.77. The molecule has 0 aliphatic heterocycles. The lowest BCUT2D eigenvalue weighted by molar-refractivity contribution is 0.104. The average molecular weight is 475 g/mol. The Balaban J connectivity index is 1.77. The second kappa shape index (κ2) is 9.37. The number of hydrogen-bond donors (Lipinski definition) is 0. The Morgan fingerprint density at radius 1 is 1.18 bits per heavy atom. The summed E-state index contributed by atoms with van der Waals surface area (Å²) in [6.45, 7) is 1.49. The van der Waals surface area contributed by atoms with Crippen molar-refractivity contribution in [1.82, 2.24) is 14.6 Å². The van der Waals surface area contributed by atoms with Gasteiger partial charge in [0.05, 0.1) is 42.5 Å². The largest absolute Gasteiger partial charge is 0.497 e. The molecule has 2 aromatic heterocycles. The fourth-order valence-electron chi connectivity index (χ4n) is 3.58. The molecule has 0 unspecified atom stereocenters. The molecule has 4 rings (SSSR count). The van der Waals surface area contributed by atoms with Gasteiger partial charge in [0.15, 0.2) is 11.4 Å². The number of methoxy groups -OCH3 is 1. The van der Waals surface area contributed by atoms with Crippen molar-refractivity contribution in [3.63, 3.8) is 0 Å². The normalized spacial score (nSPS) is 11.2. The van der Waals surface area contributed by atoms with E-state index in [1.165, 1.54) is 10.5 Å². The zero-order valence-electron chi connectivity index (χ0n) is 18.7. The van der Waals surface area contributed by atoms with Crippen molar-refractivity contribution >= 4 is 27.1 Å². The lowest BCUT2D eigenvalue weighted by Crippen LogP contribution is -2.32. The van der Waals surface area contributed by atoms with Gasteiger partial charge in [-0.15, -0.1) is 6.42 Å². The van der Waals surface area contributed by atoms with Gasteiger partial charge in [-0.1, -0.05) is 18.1 Å². The topological polar surface area (TPSA) is 93.9 Å². The molecule has 4 aromatic rings. The number of terminal acetylenes is 1. The predicted octanol–water partition coefficient (Wildman–Crippen LogP) is 3.43. The number of benzene rings is 2. The lowest BCUT2D eigenvalue weighted by Gasteiger charge is -2.22. The first-order valence-electron chi connectivity index (χ1n) is 10.5. The van der Waals surface area contributed by atoms with Crippen molar-refractivity contribution in [1.29, 1.82) is 0 Å². The number of hydrogen-bond acceptors (Lipinski definition) is 6. The number of rotatable bonds is 8. The molecule has 0 radical (unpaired) electrons. The molecule has 8 nitrogen and oxygen atoms in total. The van der Waals surface area contributed by atoms with Crippen LogP contribution in [0.1, 0.15) is 22.8 Å². The van der Waals surface area contributed by atoms with Crippen molar-refractivity contribution in [3.8, 4) is 29.4 Å². The SMILES string of the molecule is C#CCN(c1cccc(-c2ccnc3c(C(=O)c4ccc(OC)cc4)cnn23)c1)S(=O)(=O)CC. The van der Waals surface area contributed by atoms with Gasteiger partial charge in [0.2, 0.25) is 10.0 Å². The van der Waals surface area contributed by atoms with E-state index >= 15 is 0 Å². The van der Waals surface area contributed by atoms with E-state index in [1.54, 1.807) is 73.3 Å². The van der Waals surface area contributed by atoms with Crippen LogP contribution in [0.25, 0.3) is 16.9 Å². The van der Waals surface area contributed by atoms with Gasteiger partial charge in [-0.25, -0.2) is 17.9 Å². The number of carbonyl (C=O) groups is 1. The predicted molar refractivity (Wildman–Crippen MR) is 130 cm³/mol. The van der Waals surface area contributed by atoms with Crippen molar-refractivity contribution in [2.75, 3.05) is 23.7 Å². The van der Waals surface area contributed by atoms with Crippen LogP contribution in [0.5, 0.6) is 5.75 Å². The highest BCUT2D eigenvalue weighted by Crippen LogP contribution is 2.27. The molecule has 2 aromatic carbocycles. The monoisotopic (exact) mass is 474 g/mol. The summed E-state index contributed by atoms with van der Waals surface area (Å²) >= 11 is 0. The van der Waals surface area contributed by atoms with Gasteiger partial charge < -0.3 is 4.74 Å². The number of aromatic nitrogens is 3. The van der Waals surface area contributed by atoms with Crippen molar-refractivity contribution in [2.24, 2.45) is 0 Å². The molecule has 0 amide bonds. The maximum absolute atomic E-state index is 13.1. The van der Waals surface area contributed by atoms with E-state index in [9.17, 15) is 13.2 Å². The zero-order valence-corrected chi connectivity index (χ0v) is 19.5. The van der Waals surface area contributed by atoms with Gasteiger partial charge in [0.25, 0.3) is 0 Å². The third kappa shape index (κ3) is 4.23. The van der Waals surface area contributed by atoms with Crippen LogP contribution in [0, 0.1) is 12.3 Å². The molecule has 0 saturated carbocycles. The molecule has 0 aliphatic rings. The first-order valence-corrected chi connectivity index (χ1v) is 12.1. The maximum Gasteiger partial charge on any atom is 0.235 e. The summed E-state index contributed by atoms with van der Waals surface area (Å²) < 4.78 is 33.0. The van der Waals surface area contributed by atoms with Crippen LogP contribution in [-0.4, -0.2) is 48.2 Å². The summed E-state index contributed by atoms with van der Waals surface area (Å²) in [5.41, 5.74) is 3.03. The summed E-state index contributed by atoms with van der Waals surface area (Å²) in [6.07, 6.45) is 8.49. The highest BCUT2D eigenvalue weighted by molar-refractivity contribution is 7.92. The van der Waals surface area contributed by atoms with E-state index in [0.29, 0.717) is 39.5 Å². The fourth-order valence-corrected chi connectivity index (χ4v) is 4.60. The Bertz CT molecular complexity index is 1500. The third-order valence-electron chi connectivity index (χ3n) is 5.36. The number of fused-ring (bicyclic) bond motifs is 1. The van der Waals surface area contributed by atoms with Gasteiger partial charge in [0.1, 0.15) is 5.75 Å². The number of anilines is 1. The quantitative estimate of drug-likeness (QED) is 0.287. The standard InChI is InChI=1S/C25H22N4O4S/c1-4-15-28(34(31,32)5-2)20-8-6-7-19(16-20)23-13-14-26-25-22(17-27-29(23)25)24(30)18-9-11-21(33-3)12-10-18/h1,6-14,16-17H,5,15H2,2-3H3.